The van der Waals surface area contributed by atoms with E-state index in [9.17, 15) is 4.79 Å². The number of piperidine rings is 1. The first-order chi connectivity index (χ1) is 14.2. The van der Waals surface area contributed by atoms with Gasteiger partial charge in [-0.15, -0.1) is 0 Å². The third-order valence-electron chi connectivity index (χ3n) is 6.12. The van der Waals surface area contributed by atoms with Gasteiger partial charge in [0.05, 0.1) is 0 Å². The Bertz CT molecular complexity index is 819. The summed E-state index contributed by atoms with van der Waals surface area (Å²) in [6.07, 6.45) is 4.90. The number of nitrogens with one attached hydrogen (secondary N) is 1. The largest absolute Gasteiger partial charge is 0.492 e. The molecule has 1 aliphatic carbocycles. The van der Waals surface area contributed by atoms with Crippen molar-refractivity contribution in [2.45, 2.75) is 38.1 Å². The Balaban J connectivity index is 1.18. The Kier molecular flexibility index (Phi) is 6.88. The standard InChI is InChI=1S/C24H29BrN2O2/c25-21-8-6-20-17-22(9-7-19(20)16-21)26-24(28)18-10-12-27(13-11-18)14-15-29-23-4-2-1-3-5-23/h1-6,8,16,18,22H,7,9-15,17H2,(H,26,28). The zero-order valence-electron chi connectivity index (χ0n) is 16.8. The van der Waals surface area contributed by atoms with Gasteiger partial charge in [0.2, 0.25) is 5.91 Å². The van der Waals surface area contributed by atoms with Crippen LogP contribution in [0, 0.1) is 5.92 Å². The number of carbonyl (C=O) groups is 1. The van der Waals surface area contributed by atoms with Crippen LogP contribution in [0.1, 0.15) is 30.4 Å². The van der Waals surface area contributed by atoms with Crippen LogP contribution in [0.4, 0.5) is 0 Å². The highest BCUT2D eigenvalue weighted by Gasteiger charge is 2.27. The number of carbonyl (C=O) groups excluding carboxylic acids is 1. The molecule has 2 aliphatic rings. The summed E-state index contributed by atoms with van der Waals surface area (Å²) in [5.74, 6) is 1.31. The van der Waals surface area contributed by atoms with Gasteiger partial charge in [0, 0.05) is 23.0 Å². The van der Waals surface area contributed by atoms with Gasteiger partial charge in [0.15, 0.2) is 0 Å². The van der Waals surface area contributed by atoms with Gasteiger partial charge in [-0.2, -0.15) is 0 Å². The number of amides is 1. The van der Waals surface area contributed by atoms with Gasteiger partial charge in [-0.1, -0.05) is 40.2 Å². The lowest BCUT2D eigenvalue weighted by atomic mass is 9.87. The highest BCUT2D eigenvalue weighted by molar-refractivity contribution is 9.10. The molecule has 2 aromatic carbocycles. The van der Waals surface area contributed by atoms with Crippen LogP contribution in [0.15, 0.2) is 53.0 Å². The number of ether oxygens (including phenoxy) is 1. The number of hydrogen-bond donors (Lipinski definition) is 1. The molecule has 1 unspecified atom stereocenters. The number of likely N-dealkylation sites (tertiary alicyclic amines) is 1. The summed E-state index contributed by atoms with van der Waals surface area (Å²) in [4.78, 5) is 15.2. The Morgan fingerprint density at radius 2 is 1.86 bits per heavy atom. The van der Waals surface area contributed by atoms with E-state index in [-0.39, 0.29) is 17.9 Å². The van der Waals surface area contributed by atoms with Gasteiger partial charge in [-0.25, -0.2) is 0 Å². The Morgan fingerprint density at radius 1 is 1.07 bits per heavy atom. The normalized spacial score (nSPS) is 20.1. The van der Waals surface area contributed by atoms with Crippen molar-refractivity contribution < 1.29 is 9.53 Å². The van der Waals surface area contributed by atoms with Crippen molar-refractivity contribution in [3.8, 4) is 5.75 Å². The second-order valence-electron chi connectivity index (χ2n) is 8.14. The molecule has 2 aromatic rings. The highest BCUT2D eigenvalue weighted by atomic mass is 79.9. The third-order valence-corrected chi connectivity index (χ3v) is 6.61. The minimum Gasteiger partial charge on any atom is -0.492 e. The minimum atomic E-state index is 0.146. The molecule has 4 nitrogen and oxygen atoms in total. The number of fused-ring (bicyclic) bond motifs is 1. The Morgan fingerprint density at radius 3 is 2.66 bits per heavy atom. The fourth-order valence-corrected chi connectivity index (χ4v) is 4.80. The summed E-state index contributed by atoms with van der Waals surface area (Å²) in [6, 6.07) is 16.7. The maximum atomic E-state index is 12.8. The summed E-state index contributed by atoms with van der Waals surface area (Å²) in [5.41, 5.74) is 2.79. The molecule has 1 saturated heterocycles. The molecule has 1 aliphatic heterocycles. The van der Waals surface area contributed by atoms with E-state index < -0.39 is 0 Å². The number of benzene rings is 2. The van der Waals surface area contributed by atoms with E-state index in [1.807, 2.05) is 30.3 Å². The number of aryl methyl sites for hydroxylation is 1. The van der Waals surface area contributed by atoms with E-state index in [2.05, 4.69) is 44.3 Å². The molecule has 0 saturated carbocycles. The van der Waals surface area contributed by atoms with E-state index in [1.54, 1.807) is 0 Å². The van der Waals surface area contributed by atoms with Crippen LogP contribution in [-0.2, 0) is 17.6 Å². The summed E-state index contributed by atoms with van der Waals surface area (Å²) >= 11 is 3.55. The second kappa shape index (κ2) is 9.77. The Hall–Kier alpha value is -1.85. The zero-order chi connectivity index (χ0) is 20.1. The average Bonchev–Trinajstić information content (AvgIpc) is 2.75. The quantitative estimate of drug-likeness (QED) is 0.707. The van der Waals surface area contributed by atoms with Crippen molar-refractivity contribution in [3.05, 3.63) is 64.1 Å². The molecule has 1 N–H and O–H groups in total. The first-order valence-electron chi connectivity index (χ1n) is 10.7. The van der Waals surface area contributed by atoms with Crippen molar-refractivity contribution in [2.75, 3.05) is 26.2 Å². The van der Waals surface area contributed by atoms with Crippen LogP contribution >= 0.6 is 15.9 Å². The highest BCUT2D eigenvalue weighted by Crippen LogP contribution is 2.25. The molecule has 1 amide bonds. The van der Waals surface area contributed by atoms with Gasteiger partial charge < -0.3 is 10.1 Å². The van der Waals surface area contributed by atoms with E-state index in [0.29, 0.717) is 6.61 Å². The van der Waals surface area contributed by atoms with Gasteiger partial charge in [-0.3, -0.25) is 9.69 Å². The van der Waals surface area contributed by atoms with Crippen LogP contribution in [0.5, 0.6) is 5.75 Å². The van der Waals surface area contributed by atoms with E-state index in [1.165, 1.54) is 11.1 Å². The van der Waals surface area contributed by atoms with Gasteiger partial charge >= 0.3 is 0 Å². The fourth-order valence-electron chi connectivity index (χ4n) is 4.39. The molecule has 0 bridgehead atoms. The number of nitrogens with zero attached hydrogens (tertiary/aromatic N) is 1. The molecule has 0 radical (unpaired) electrons. The maximum Gasteiger partial charge on any atom is 0.223 e. The molecule has 1 atom stereocenters. The smallest absolute Gasteiger partial charge is 0.223 e. The predicted octanol–water partition coefficient (Wildman–Crippen LogP) is 4.21. The number of halogens is 1. The molecule has 4 rings (SSSR count). The van der Waals surface area contributed by atoms with Gasteiger partial charge in [-0.05, 0) is 80.6 Å². The monoisotopic (exact) mass is 456 g/mol. The summed E-state index contributed by atoms with van der Waals surface area (Å²) in [7, 11) is 0. The minimum absolute atomic E-state index is 0.146. The van der Waals surface area contributed by atoms with E-state index >= 15 is 0 Å². The van der Waals surface area contributed by atoms with Crippen molar-refractivity contribution >= 4 is 21.8 Å². The molecular formula is C24H29BrN2O2. The average molecular weight is 457 g/mol. The lowest BCUT2D eigenvalue weighted by molar-refractivity contribution is -0.127. The lowest BCUT2D eigenvalue weighted by Gasteiger charge is -2.33. The Labute approximate surface area is 181 Å². The van der Waals surface area contributed by atoms with Crippen LogP contribution in [-0.4, -0.2) is 43.1 Å². The van der Waals surface area contributed by atoms with Gasteiger partial charge in [0.1, 0.15) is 12.4 Å². The van der Waals surface area contributed by atoms with Crippen LogP contribution in [0.2, 0.25) is 0 Å². The number of rotatable bonds is 6. The van der Waals surface area contributed by atoms with E-state index in [0.717, 1.165) is 62.0 Å². The predicted molar refractivity (Wildman–Crippen MR) is 119 cm³/mol. The van der Waals surface area contributed by atoms with Crippen molar-refractivity contribution in [1.29, 1.82) is 0 Å². The molecule has 154 valence electrons. The van der Waals surface area contributed by atoms with Crippen LogP contribution in [0.25, 0.3) is 0 Å². The van der Waals surface area contributed by atoms with Crippen molar-refractivity contribution in [1.82, 2.24) is 10.2 Å². The van der Waals surface area contributed by atoms with E-state index in [4.69, 9.17) is 4.74 Å². The molecule has 0 aromatic heterocycles. The zero-order valence-corrected chi connectivity index (χ0v) is 18.4. The summed E-state index contributed by atoms with van der Waals surface area (Å²) in [5, 5.41) is 3.33. The molecule has 29 heavy (non-hydrogen) atoms. The summed E-state index contributed by atoms with van der Waals surface area (Å²) in [6.45, 7) is 3.55. The van der Waals surface area contributed by atoms with Crippen LogP contribution < -0.4 is 10.1 Å². The van der Waals surface area contributed by atoms with Crippen molar-refractivity contribution in [2.24, 2.45) is 5.92 Å². The molecule has 1 fully saturated rings. The molecule has 1 heterocycles. The fraction of sp³-hybridized carbons (Fsp3) is 0.458. The third kappa shape index (κ3) is 5.61. The molecule has 0 spiro atoms. The first kappa shape index (κ1) is 20.4. The molecule has 5 heteroatoms. The SMILES string of the molecule is O=C(NC1CCc2cc(Br)ccc2C1)C1CCN(CCOc2ccccc2)CC1. The first-order valence-corrected chi connectivity index (χ1v) is 11.4. The summed E-state index contributed by atoms with van der Waals surface area (Å²) < 4.78 is 6.93. The second-order valence-corrected chi connectivity index (χ2v) is 9.05. The number of para-hydroxylation sites is 1. The topological polar surface area (TPSA) is 41.6 Å². The van der Waals surface area contributed by atoms with Crippen LogP contribution in [0.3, 0.4) is 0 Å². The van der Waals surface area contributed by atoms with Crippen molar-refractivity contribution in [3.63, 3.8) is 0 Å². The number of hydrogen-bond acceptors (Lipinski definition) is 3. The lowest BCUT2D eigenvalue weighted by Crippen LogP contribution is -2.46. The molecular weight excluding hydrogens is 428 g/mol. The maximum absolute atomic E-state index is 12.8. The van der Waals surface area contributed by atoms with Gasteiger partial charge in [0.25, 0.3) is 0 Å².